The van der Waals surface area contributed by atoms with E-state index in [1.54, 1.807) is 7.11 Å². The quantitative estimate of drug-likeness (QED) is 0.824. The molecule has 2 aromatic carbocycles. The van der Waals surface area contributed by atoms with Crippen LogP contribution in [-0.4, -0.2) is 44.1 Å². The first-order valence-corrected chi connectivity index (χ1v) is 8.40. The van der Waals surface area contributed by atoms with Gasteiger partial charge in [-0.2, -0.15) is 0 Å². The summed E-state index contributed by atoms with van der Waals surface area (Å²) in [5.41, 5.74) is 1.90. The Balaban J connectivity index is 1.62. The summed E-state index contributed by atoms with van der Waals surface area (Å²) in [5.74, 6) is 0.850. The lowest BCUT2D eigenvalue weighted by atomic mass is 10.1. The van der Waals surface area contributed by atoms with Crippen LogP contribution in [-0.2, 0) is 0 Å². The molecule has 1 fully saturated rings. The van der Waals surface area contributed by atoms with E-state index in [1.165, 1.54) is 5.69 Å². The van der Waals surface area contributed by atoms with Gasteiger partial charge < -0.3 is 14.5 Å². The average molecular weight is 375 g/mol. The van der Waals surface area contributed by atoms with Crippen LogP contribution in [0.4, 0.5) is 5.69 Å². The van der Waals surface area contributed by atoms with Crippen LogP contribution < -0.4 is 9.64 Å². The number of carbonyl (C=O) groups excluding carboxylic acids is 1. The topological polar surface area (TPSA) is 32.8 Å². The minimum atomic E-state index is 0.0848. The Morgan fingerprint density at radius 2 is 1.74 bits per heavy atom. The summed E-state index contributed by atoms with van der Waals surface area (Å²) in [6.45, 7) is 3.16. The lowest BCUT2D eigenvalue weighted by Crippen LogP contribution is -2.48. The molecule has 0 unspecified atom stereocenters. The summed E-state index contributed by atoms with van der Waals surface area (Å²) in [7, 11) is 1.62. The molecule has 3 rings (SSSR count). The highest BCUT2D eigenvalue weighted by molar-refractivity contribution is 9.10. The first-order valence-electron chi connectivity index (χ1n) is 7.61. The molecule has 1 amide bonds. The number of rotatable bonds is 3. The largest absolute Gasteiger partial charge is 0.497 e. The molecule has 0 bridgehead atoms. The van der Waals surface area contributed by atoms with E-state index in [9.17, 15) is 4.79 Å². The molecule has 1 saturated heterocycles. The van der Waals surface area contributed by atoms with E-state index in [4.69, 9.17) is 4.74 Å². The van der Waals surface area contributed by atoms with E-state index in [0.717, 1.165) is 36.4 Å². The Bertz CT molecular complexity index is 680. The fourth-order valence-electron chi connectivity index (χ4n) is 2.76. The van der Waals surface area contributed by atoms with Crippen molar-refractivity contribution in [2.75, 3.05) is 38.2 Å². The standard InChI is InChI=1S/C18H19BrN2O2/c1-23-17-7-5-14(6-8-17)18(22)21-11-9-20(10-12-21)16-4-2-3-15(19)13-16/h2-8,13H,9-12H2,1H3. The Morgan fingerprint density at radius 3 is 2.35 bits per heavy atom. The number of piperazine rings is 1. The number of benzene rings is 2. The second-order valence-electron chi connectivity index (χ2n) is 5.49. The summed E-state index contributed by atoms with van der Waals surface area (Å²) in [4.78, 5) is 16.8. The Kier molecular flexibility index (Phi) is 4.86. The minimum absolute atomic E-state index is 0.0848. The number of hydrogen-bond acceptors (Lipinski definition) is 3. The van der Waals surface area contributed by atoms with Gasteiger partial charge in [0.15, 0.2) is 0 Å². The molecule has 23 heavy (non-hydrogen) atoms. The van der Waals surface area contributed by atoms with Gasteiger partial charge in [-0.05, 0) is 42.5 Å². The van der Waals surface area contributed by atoms with Crippen molar-refractivity contribution >= 4 is 27.5 Å². The highest BCUT2D eigenvalue weighted by Gasteiger charge is 2.22. The number of amides is 1. The van der Waals surface area contributed by atoms with Gasteiger partial charge in [0.25, 0.3) is 5.91 Å². The van der Waals surface area contributed by atoms with Crippen molar-refractivity contribution in [3.05, 3.63) is 58.6 Å². The number of halogens is 1. The molecule has 0 spiro atoms. The second kappa shape index (κ2) is 7.04. The van der Waals surface area contributed by atoms with E-state index >= 15 is 0 Å². The van der Waals surface area contributed by atoms with E-state index in [-0.39, 0.29) is 5.91 Å². The normalized spacial score (nSPS) is 14.7. The number of hydrogen-bond donors (Lipinski definition) is 0. The van der Waals surface area contributed by atoms with Gasteiger partial charge in [-0.1, -0.05) is 22.0 Å². The van der Waals surface area contributed by atoms with Crippen LogP contribution in [0.25, 0.3) is 0 Å². The Hall–Kier alpha value is -2.01. The molecule has 0 radical (unpaired) electrons. The molecule has 1 aliphatic rings. The van der Waals surface area contributed by atoms with Gasteiger partial charge in [0, 0.05) is 41.9 Å². The van der Waals surface area contributed by atoms with Crippen LogP contribution in [0.15, 0.2) is 53.0 Å². The summed E-state index contributed by atoms with van der Waals surface area (Å²) in [6, 6.07) is 15.6. The van der Waals surface area contributed by atoms with Gasteiger partial charge in [0.05, 0.1) is 7.11 Å². The van der Waals surface area contributed by atoms with Crippen molar-refractivity contribution in [1.82, 2.24) is 4.90 Å². The van der Waals surface area contributed by atoms with Crippen molar-refractivity contribution in [3.63, 3.8) is 0 Å². The molecular formula is C18H19BrN2O2. The first kappa shape index (κ1) is 15.9. The van der Waals surface area contributed by atoms with Gasteiger partial charge in [0.1, 0.15) is 5.75 Å². The lowest BCUT2D eigenvalue weighted by molar-refractivity contribution is 0.0747. The zero-order valence-corrected chi connectivity index (χ0v) is 14.6. The number of nitrogens with zero attached hydrogens (tertiary/aromatic N) is 2. The zero-order chi connectivity index (χ0) is 16.2. The summed E-state index contributed by atoms with van der Waals surface area (Å²) < 4.78 is 6.21. The molecule has 1 aliphatic heterocycles. The van der Waals surface area contributed by atoms with Gasteiger partial charge in [-0.25, -0.2) is 0 Å². The van der Waals surface area contributed by atoms with Gasteiger partial charge in [-0.3, -0.25) is 4.79 Å². The zero-order valence-electron chi connectivity index (χ0n) is 13.0. The fraction of sp³-hybridized carbons (Fsp3) is 0.278. The average Bonchev–Trinajstić information content (AvgIpc) is 2.61. The molecule has 0 aromatic heterocycles. The van der Waals surface area contributed by atoms with E-state index in [0.29, 0.717) is 5.56 Å². The molecule has 2 aromatic rings. The minimum Gasteiger partial charge on any atom is -0.497 e. The third-order valence-electron chi connectivity index (χ3n) is 4.08. The number of carbonyl (C=O) groups is 1. The molecule has 1 heterocycles. The monoisotopic (exact) mass is 374 g/mol. The van der Waals surface area contributed by atoms with Crippen molar-refractivity contribution < 1.29 is 9.53 Å². The van der Waals surface area contributed by atoms with Crippen LogP contribution in [0.1, 0.15) is 10.4 Å². The maximum atomic E-state index is 12.6. The molecular weight excluding hydrogens is 356 g/mol. The first-order chi connectivity index (χ1) is 11.2. The lowest BCUT2D eigenvalue weighted by Gasteiger charge is -2.36. The third kappa shape index (κ3) is 3.67. The second-order valence-corrected chi connectivity index (χ2v) is 6.40. The Morgan fingerprint density at radius 1 is 1.04 bits per heavy atom. The molecule has 0 N–H and O–H groups in total. The summed E-state index contributed by atoms with van der Waals surface area (Å²) in [6.07, 6.45) is 0. The molecule has 4 nitrogen and oxygen atoms in total. The van der Waals surface area contributed by atoms with E-state index in [1.807, 2.05) is 41.3 Å². The van der Waals surface area contributed by atoms with Gasteiger partial charge >= 0.3 is 0 Å². The van der Waals surface area contributed by atoms with E-state index < -0.39 is 0 Å². The smallest absolute Gasteiger partial charge is 0.253 e. The summed E-state index contributed by atoms with van der Waals surface area (Å²) >= 11 is 3.50. The van der Waals surface area contributed by atoms with Crippen LogP contribution >= 0.6 is 15.9 Å². The third-order valence-corrected chi connectivity index (χ3v) is 4.57. The van der Waals surface area contributed by atoms with E-state index in [2.05, 4.69) is 33.0 Å². The summed E-state index contributed by atoms with van der Waals surface area (Å²) in [5, 5.41) is 0. The number of ether oxygens (including phenoxy) is 1. The van der Waals surface area contributed by atoms with Gasteiger partial charge in [-0.15, -0.1) is 0 Å². The maximum absolute atomic E-state index is 12.6. The van der Waals surface area contributed by atoms with Crippen molar-refractivity contribution in [3.8, 4) is 5.75 Å². The van der Waals surface area contributed by atoms with Crippen molar-refractivity contribution in [2.45, 2.75) is 0 Å². The predicted octanol–water partition coefficient (Wildman–Crippen LogP) is 3.42. The molecule has 0 atom stereocenters. The van der Waals surface area contributed by atoms with Crippen LogP contribution in [0.5, 0.6) is 5.75 Å². The molecule has 0 saturated carbocycles. The van der Waals surface area contributed by atoms with Crippen molar-refractivity contribution in [2.24, 2.45) is 0 Å². The predicted molar refractivity (Wildman–Crippen MR) is 95.3 cm³/mol. The highest BCUT2D eigenvalue weighted by Crippen LogP contribution is 2.22. The molecule has 120 valence electrons. The highest BCUT2D eigenvalue weighted by atomic mass is 79.9. The van der Waals surface area contributed by atoms with Gasteiger partial charge in [0.2, 0.25) is 0 Å². The van der Waals surface area contributed by atoms with Crippen LogP contribution in [0.3, 0.4) is 0 Å². The SMILES string of the molecule is COc1ccc(C(=O)N2CCN(c3cccc(Br)c3)CC2)cc1. The molecule has 5 heteroatoms. The fourth-order valence-corrected chi connectivity index (χ4v) is 3.14. The Labute approximate surface area is 144 Å². The van der Waals surface area contributed by atoms with Crippen molar-refractivity contribution in [1.29, 1.82) is 0 Å². The number of anilines is 1. The maximum Gasteiger partial charge on any atom is 0.253 e. The number of methoxy groups -OCH3 is 1. The van der Waals surface area contributed by atoms with Crippen LogP contribution in [0.2, 0.25) is 0 Å². The van der Waals surface area contributed by atoms with Crippen LogP contribution in [0, 0.1) is 0 Å². The molecule has 0 aliphatic carbocycles.